The van der Waals surface area contributed by atoms with Crippen LogP contribution in [-0.2, 0) is 19.6 Å². The Balaban J connectivity index is 1.99. The molecule has 3 N–H and O–H groups in total. The third-order valence-corrected chi connectivity index (χ3v) is 4.17. The van der Waals surface area contributed by atoms with Crippen molar-refractivity contribution in [3.8, 4) is 5.75 Å². The molecule has 5 nitrogen and oxygen atoms in total. The highest BCUT2D eigenvalue weighted by atomic mass is 19.1. The van der Waals surface area contributed by atoms with Gasteiger partial charge in [-0.1, -0.05) is 23.8 Å². The van der Waals surface area contributed by atoms with Crippen LogP contribution in [0.3, 0.4) is 0 Å². The number of aliphatic hydroxyl groups excluding tert-OH is 1. The first-order chi connectivity index (χ1) is 13.1. The quantitative estimate of drug-likeness (QED) is 0.492. The molecule has 0 saturated heterocycles. The number of halogens is 1. The zero-order chi connectivity index (χ0) is 19.6. The van der Waals surface area contributed by atoms with Crippen LogP contribution in [0.2, 0.25) is 0 Å². The molecule has 0 atom stereocenters. The lowest BCUT2D eigenvalue weighted by atomic mass is 10.1. The summed E-state index contributed by atoms with van der Waals surface area (Å²) in [6.07, 6.45) is 0.806. The van der Waals surface area contributed by atoms with Crippen LogP contribution >= 0.6 is 0 Å². The summed E-state index contributed by atoms with van der Waals surface area (Å²) in [7, 11) is 1.68. The fraction of sp³-hybridized carbons (Fsp3) is 0.381. The van der Waals surface area contributed by atoms with Gasteiger partial charge in [-0.25, -0.2) is 9.38 Å². The van der Waals surface area contributed by atoms with Crippen LogP contribution in [0.4, 0.5) is 4.39 Å². The molecule has 0 saturated carbocycles. The molecule has 2 aromatic rings. The predicted molar refractivity (Wildman–Crippen MR) is 107 cm³/mol. The molecule has 0 aromatic heterocycles. The Bertz CT molecular complexity index is 778. The molecule has 6 heteroatoms. The topological polar surface area (TPSA) is 65.9 Å². The number of hydrogen-bond donors (Lipinski definition) is 3. The van der Waals surface area contributed by atoms with Crippen LogP contribution in [0.15, 0.2) is 41.4 Å². The Morgan fingerprint density at radius 2 is 1.96 bits per heavy atom. The van der Waals surface area contributed by atoms with E-state index in [4.69, 9.17) is 4.74 Å². The first kappa shape index (κ1) is 20.7. The van der Waals surface area contributed by atoms with E-state index in [0.29, 0.717) is 19.0 Å². The number of aliphatic hydroxyl groups is 1. The highest BCUT2D eigenvalue weighted by Crippen LogP contribution is 2.19. The van der Waals surface area contributed by atoms with Gasteiger partial charge in [0.1, 0.15) is 11.6 Å². The molecule has 0 aliphatic carbocycles. The van der Waals surface area contributed by atoms with E-state index in [2.05, 4.69) is 28.6 Å². The average molecular weight is 373 g/mol. The minimum absolute atomic E-state index is 0.284. The maximum atomic E-state index is 13.5. The van der Waals surface area contributed by atoms with Crippen molar-refractivity contribution < 1.29 is 14.2 Å². The number of ether oxygens (including phenoxy) is 1. The van der Waals surface area contributed by atoms with E-state index in [1.807, 2.05) is 19.1 Å². The second-order valence-corrected chi connectivity index (χ2v) is 6.27. The first-order valence-corrected chi connectivity index (χ1v) is 9.11. The van der Waals surface area contributed by atoms with Gasteiger partial charge in [-0.15, -0.1) is 0 Å². The van der Waals surface area contributed by atoms with Gasteiger partial charge in [-0.3, -0.25) is 0 Å². The van der Waals surface area contributed by atoms with E-state index >= 15 is 0 Å². The molecule has 0 radical (unpaired) electrons. The standard InChI is InChI=1S/C21H28FN3O2/c1-4-23-21(25-13-16-6-7-19(22)18(12-16)14-26)24-10-9-17-11-15(2)5-8-20(17)27-3/h5-8,11-12,26H,4,9-10,13-14H2,1-3H3,(H2,23,24,25). The Labute approximate surface area is 160 Å². The van der Waals surface area contributed by atoms with E-state index in [-0.39, 0.29) is 12.2 Å². The molecule has 0 aliphatic rings. The third kappa shape index (κ3) is 6.25. The van der Waals surface area contributed by atoms with Crippen LogP contribution in [0.25, 0.3) is 0 Å². The Hall–Kier alpha value is -2.60. The van der Waals surface area contributed by atoms with Crippen LogP contribution in [0.1, 0.15) is 29.2 Å². The highest BCUT2D eigenvalue weighted by molar-refractivity contribution is 5.79. The van der Waals surface area contributed by atoms with E-state index in [0.717, 1.165) is 29.8 Å². The van der Waals surface area contributed by atoms with Gasteiger partial charge in [0, 0.05) is 18.7 Å². The number of aryl methyl sites for hydroxylation is 1. The number of nitrogens with one attached hydrogen (secondary N) is 2. The third-order valence-electron chi connectivity index (χ3n) is 4.17. The van der Waals surface area contributed by atoms with Crippen molar-refractivity contribution in [1.29, 1.82) is 0 Å². The molecule has 27 heavy (non-hydrogen) atoms. The van der Waals surface area contributed by atoms with E-state index in [1.165, 1.54) is 11.6 Å². The summed E-state index contributed by atoms with van der Waals surface area (Å²) in [5, 5.41) is 15.7. The minimum Gasteiger partial charge on any atom is -0.496 e. The van der Waals surface area contributed by atoms with Gasteiger partial charge in [0.2, 0.25) is 0 Å². The number of aliphatic imine (C=N–C) groups is 1. The van der Waals surface area contributed by atoms with Gasteiger partial charge < -0.3 is 20.5 Å². The molecule has 0 aliphatic heterocycles. The summed E-state index contributed by atoms with van der Waals surface area (Å²) >= 11 is 0. The largest absolute Gasteiger partial charge is 0.496 e. The molecule has 0 heterocycles. The van der Waals surface area contributed by atoms with Crippen molar-refractivity contribution in [2.45, 2.75) is 33.4 Å². The summed E-state index contributed by atoms with van der Waals surface area (Å²) in [6, 6.07) is 10.8. The summed E-state index contributed by atoms with van der Waals surface area (Å²) in [4.78, 5) is 4.54. The lowest BCUT2D eigenvalue weighted by Gasteiger charge is -2.13. The second-order valence-electron chi connectivity index (χ2n) is 6.27. The molecule has 146 valence electrons. The summed E-state index contributed by atoms with van der Waals surface area (Å²) in [6.45, 7) is 5.59. The Morgan fingerprint density at radius 1 is 1.15 bits per heavy atom. The predicted octanol–water partition coefficient (Wildman–Crippen LogP) is 2.93. The molecular weight excluding hydrogens is 345 g/mol. The fourth-order valence-electron chi connectivity index (χ4n) is 2.78. The van der Waals surface area contributed by atoms with Crippen molar-refractivity contribution in [3.05, 3.63) is 64.5 Å². The lowest BCUT2D eigenvalue weighted by Crippen LogP contribution is -2.38. The normalized spacial score (nSPS) is 11.4. The molecule has 0 spiro atoms. The van der Waals surface area contributed by atoms with E-state index < -0.39 is 5.82 Å². The lowest BCUT2D eigenvalue weighted by molar-refractivity contribution is 0.275. The number of guanidine groups is 1. The summed E-state index contributed by atoms with van der Waals surface area (Å²) in [5.41, 5.74) is 3.47. The molecule has 0 bridgehead atoms. The maximum Gasteiger partial charge on any atom is 0.191 e. The fourth-order valence-corrected chi connectivity index (χ4v) is 2.78. The van der Waals surface area contributed by atoms with Crippen molar-refractivity contribution in [2.24, 2.45) is 4.99 Å². The SMILES string of the molecule is CCNC(=NCc1ccc(F)c(CO)c1)NCCc1cc(C)ccc1OC. The molecule has 2 aromatic carbocycles. The second kappa shape index (κ2) is 10.5. The van der Waals surface area contributed by atoms with Crippen molar-refractivity contribution in [3.63, 3.8) is 0 Å². The van der Waals surface area contributed by atoms with Crippen molar-refractivity contribution >= 4 is 5.96 Å². The van der Waals surface area contributed by atoms with Crippen LogP contribution in [-0.4, -0.2) is 31.3 Å². The number of benzene rings is 2. The number of rotatable bonds is 8. The number of nitrogens with zero attached hydrogens (tertiary/aromatic N) is 1. The first-order valence-electron chi connectivity index (χ1n) is 9.11. The maximum absolute atomic E-state index is 13.5. The van der Waals surface area contributed by atoms with Gasteiger partial charge in [0.05, 0.1) is 20.3 Å². The smallest absolute Gasteiger partial charge is 0.191 e. The number of methoxy groups -OCH3 is 1. The van der Waals surface area contributed by atoms with Gasteiger partial charge in [0.25, 0.3) is 0 Å². The summed E-state index contributed by atoms with van der Waals surface area (Å²) in [5.74, 6) is 1.17. The summed E-state index contributed by atoms with van der Waals surface area (Å²) < 4.78 is 18.9. The van der Waals surface area contributed by atoms with Crippen molar-refractivity contribution in [1.82, 2.24) is 10.6 Å². The zero-order valence-corrected chi connectivity index (χ0v) is 16.2. The Morgan fingerprint density at radius 3 is 2.67 bits per heavy atom. The van der Waals surface area contributed by atoms with Crippen LogP contribution < -0.4 is 15.4 Å². The molecular formula is C21H28FN3O2. The molecule has 0 amide bonds. The molecule has 0 unspecified atom stereocenters. The highest BCUT2D eigenvalue weighted by Gasteiger charge is 2.05. The molecule has 0 fully saturated rings. The monoisotopic (exact) mass is 373 g/mol. The van der Waals surface area contributed by atoms with Gasteiger partial charge in [0.15, 0.2) is 5.96 Å². The van der Waals surface area contributed by atoms with Crippen LogP contribution in [0.5, 0.6) is 5.75 Å². The van der Waals surface area contributed by atoms with Gasteiger partial charge in [-0.05, 0) is 49.6 Å². The zero-order valence-electron chi connectivity index (χ0n) is 16.2. The molecule has 2 rings (SSSR count). The van der Waals surface area contributed by atoms with E-state index in [1.54, 1.807) is 19.2 Å². The Kier molecular flexibility index (Phi) is 8.07. The van der Waals surface area contributed by atoms with Crippen molar-refractivity contribution in [2.75, 3.05) is 20.2 Å². The van der Waals surface area contributed by atoms with Gasteiger partial charge >= 0.3 is 0 Å². The average Bonchev–Trinajstić information content (AvgIpc) is 2.67. The van der Waals surface area contributed by atoms with Gasteiger partial charge in [-0.2, -0.15) is 0 Å². The van der Waals surface area contributed by atoms with E-state index in [9.17, 15) is 9.50 Å². The van der Waals surface area contributed by atoms with Crippen LogP contribution in [0, 0.1) is 12.7 Å². The number of hydrogen-bond acceptors (Lipinski definition) is 3. The minimum atomic E-state index is -0.401.